The molecule has 0 radical (unpaired) electrons. The highest BCUT2D eigenvalue weighted by atomic mass is 16.5. The molecular weight excluding hydrogens is 372 g/mol. The minimum absolute atomic E-state index is 0.0281. The zero-order valence-corrected chi connectivity index (χ0v) is 16.6. The summed E-state index contributed by atoms with van der Waals surface area (Å²) in [4.78, 5) is 35.8. The first-order chi connectivity index (χ1) is 14.0. The molecule has 0 heterocycles. The summed E-state index contributed by atoms with van der Waals surface area (Å²) in [6, 6.07) is 13.8. The number of benzene rings is 2. The molecule has 2 aromatic carbocycles. The van der Waals surface area contributed by atoms with Crippen LogP contribution in [0.15, 0.2) is 48.5 Å². The molecule has 0 saturated heterocycles. The van der Waals surface area contributed by atoms with Gasteiger partial charge in [-0.15, -0.1) is 0 Å². The van der Waals surface area contributed by atoms with Crippen molar-refractivity contribution in [3.63, 3.8) is 0 Å². The molecule has 29 heavy (non-hydrogen) atoms. The Morgan fingerprint density at radius 2 is 1.55 bits per heavy atom. The molecule has 3 amide bonds. The maximum absolute atomic E-state index is 12.2. The van der Waals surface area contributed by atoms with Gasteiger partial charge in [0.15, 0.2) is 0 Å². The lowest BCUT2D eigenvalue weighted by Gasteiger charge is -2.11. The molecule has 0 unspecified atom stereocenters. The SMILES string of the molecule is CCC(=O)Nc1cccc(NC(=O)CNc2cccc(C(=O)NCCOC)c2)c1. The van der Waals surface area contributed by atoms with E-state index in [2.05, 4.69) is 21.3 Å². The van der Waals surface area contributed by atoms with E-state index in [9.17, 15) is 14.4 Å². The first-order valence-electron chi connectivity index (χ1n) is 9.32. The van der Waals surface area contributed by atoms with E-state index in [4.69, 9.17) is 4.74 Å². The summed E-state index contributed by atoms with van der Waals surface area (Å²) in [6.45, 7) is 2.66. The molecule has 0 atom stereocenters. The highest BCUT2D eigenvalue weighted by Crippen LogP contribution is 2.15. The van der Waals surface area contributed by atoms with Crippen molar-refractivity contribution in [3.05, 3.63) is 54.1 Å². The van der Waals surface area contributed by atoms with Crippen LogP contribution in [-0.4, -0.2) is 44.5 Å². The highest BCUT2D eigenvalue weighted by Gasteiger charge is 2.07. The molecule has 0 fully saturated rings. The van der Waals surface area contributed by atoms with Crippen LogP contribution in [0.2, 0.25) is 0 Å². The number of anilines is 3. The number of nitrogens with one attached hydrogen (secondary N) is 4. The second-order valence-electron chi connectivity index (χ2n) is 6.21. The van der Waals surface area contributed by atoms with Crippen molar-refractivity contribution in [1.29, 1.82) is 0 Å². The van der Waals surface area contributed by atoms with E-state index in [1.165, 1.54) is 0 Å². The average molecular weight is 398 g/mol. The predicted octanol–water partition coefficient (Wildman–Crippen LogP) is 2.46. The third-order valence-electron chi connectivity index (χ3n) is 3.92. The summed E-state index contributed by atoms with van der Waals surface area (Å²) in [6.07, 6.45) is 0.379. The Hall–Kier alpha value is -3.39. The summed E-state index contributed by atoms with van der Waals surface area (Å²) < 4.78 is 4.91. The van der Waals surface area contributed by atoms with E-state index < -0.39 is 0 Å². The lowest BCUT2D eigenvalue weighted by Crippen LogP contribution is -2.27. The predicted molar refractivity (Wildman–Crippen MR) is 113 cm³/mol. The summed E-state index contributed by atoms with van der Waals surface area (Å²) in [5.41, 5.74) is 2.35. The van der Waals surface area contributed by atoms with Gasteiger partial charge in [-0.05, 0) is 36.4 Å². The molecule has 0 aromatic heterocycles. The fraction of sp³-hybridized carbons (Fsp3) is 0.286. The van der Waals surface area contributed by atoms with E-state index in [-0.39, 0.29) is 24.3 Å². The summed E-state index contributed by atoms with van der Waals surface area (Å²) in [5.74, 6) is -0.554. The van der Waals surface area contributed by atoms with Crippen molar-refractivity contribution < 1.29 is 19.1 Å². The molecule has 8 nitrogen and oxygen atoms in total. The monoisotopic (exact) mass is 398 g/mol. The normalized spacial score (nSPS) is 10.1. The number of carbonyl (C=O) groups excluding carboxylic acids is 3. The lowest BCUT2D eigenvalue weighted by molar-refractivity contribution is -0.116. The van der Waals surface area contributed by atoms with Gasteiger partial charge in [-0.2, -0.15) is 0 Å². The van der Waals surface area contributed by atoms with Crippen molar-refractivity contribution in [2.75, 3.05) is 42.8 Å². The van der Waals surface area contributed by atoms with E-state index in [1.54, 1.807) is 62.6 Å². The maximum atomic E-state index is 12.2. The lowest BCUT2D eigenvalue weighted by atomic mass is 10.2. The first kappa shape index (κ1) is 21.9. The first-order valence-corrected chi connectivity index (χ1v) is 9.32. The molecule has 2 rings (SSSR count). The van der Waals surface area contributed by atoms with Crippen LogP contribution in [-0.2, 0) is 14.3 Å². The Morgan fingerprint density at radius 3 is 2.24 bits per heavy atom. The molecule has 154 valence electrons. The molecule has 8 heteroatoms. The Balaban J connectivity index is 1.88. The van der Waals surface area contributed by atoms with Crippen molar-refractivity contribution in [2.45, 2.75) is 13.3 Å². The van der Waals surface area contributed by atoms with Gasteiger partial charge in [0, 0.05) is 42.7 Å². The molecule has 0 aliphatic carbocycles. The van der Waals surface area contributed by atoms with Crippen LogP contribution in [0.25, 0.3) is 0 Å². The Labute approximate surface area is 170 Å². The topological polar surface area (TPSA) is 109 Å². The van der Waals surface area contributed by atoms with Gasteiger partial charge in [0.2, 0.25) is 11.8 Å². The number of amides is 3. The van der Waals surface area contributed by atoms with Crippen molar-refractivity contribution >= 4 is 34.8 Å². The average Bonchev–Trinajstić information content (AvgIpc) is 2.72. The van der Waals surface area contributed by atoms with Crippen LogP contribution in [0, 0.1) is 0 Å². The third-order valence-corrected chi connectivity index (χ3v) is 3.92. The van der Waals surface area contributed by atoms with Gasteiger partial charge in [-0.3, -0.25) is 14.4 Å². The van der Waals surface area contributed by atoms with Gasteiger partial charge in [-0.1, -0.05) is 19.1 Å². The van der Waals surface area contributed by atoms with Gasteiger partial charge in [-0.25, -0.2) is 0 Å². The summed E-state index contributed by atoms with van der Waals surface area (Å²) in [5, 5.41) is 11.3. The number of rotatable bonds is 10. The van der Waals surface area contributed by atoms with Crippen LogP contribution in [0.5, 0.6) is 0 Å². The molecule has 0 bridgehead atoms. The number of methoxy groups -OCH3 is 1. The molecule has 2 aromatic rings. The van der Waals surface area contributed by atoms with E-state index in [1.807, 2.05) is 0 Å². The molecule has 0 aliphatic rings. The van der Waals surface area contributed by atoms with E-state index in [0.717, 1.165) is 0 Å². The van der Waals surface area contributed by atoms with Gasteiger partial charge in [0.25, 0.3) is 5.91 Å². The fourth-order valence-corrected chi connectivity index (χ4v) is 2.45. The Kier molecular flexibility index (Phi) is 8.65. The molecule has 0 aliphatic heterocycles. The number of ether oxygens (including phenoxy) is 1. The van der Waals surface area contributed by atoms with Crippen LogP contribution >= 0.6 is 0 Å². The highest BCUT2D eigenvalue weighted by molar-refractivity contribution is 5.97. The van der Waals surface area contributed by atoms with Crippen LogP contribution < -0.4 is 21.3 Å². The largest absolute Gasteiger partial charge is 0.383 e. The quantitative estimate of drug-likeness (QED) is 0.460. The van der Waals surface area contributed by atoms with Crippen molar-refractivity contribution in [2.24, 2.45) is 0 Å². The zero-order valence-electron chi connectivity index (χ0n) is 16.6. The second kappa shape index (κ2) is 11.5. The van der Waals surface area contributed by atoms with Gasteiger partial charge in [0.05, 0.1) is 13.2 Å². The van der Waals surface area contributed by atoms with Crippen LogP contribution in [0.3, 0.4) is 0 Å². The van der Waals surface area contributed by atoms with E-state index in [0.29, 0.717) is 42.2 Å². The zero-order chi connectivity index (χ0) is 21.1. The smallest absolute Gasteiger partial charge is 0.251 e. The van der Waals surface area contributed by atoms with Crippen molar-refractivity contribution in [1.82, 2.24) is 5.32 Å². The minimum atomic E-state index is -0.251. The second-order valence-corrected chi connectivity index (χ2v) is 6.21. The standard InChI is InChI=1S/C21H26N4O4/c1-3-19(26)24-17-8-5-9-18(13-17)25-20(27)14-23-16-7-4-6-15(12-16)21(28)22-10-11-29-2/h4-9,12-13,23H,3,10-11,14H2,1-2H3,(H,22,28)(H,24,26)(H,25,27). The Bertz CT molecular complexity index is 854. The van der Waals surface area contributed by atoms with Gasteiger partial charge in [0.1, 0.15) is 0 Å². The van der Waals surface area contributed by atoms with Gasteiger partial charge >= 0.3 is 0 Å². The van der Waals surface area contributed by atoms with E-state index >= 15 is 0 Å². The summed E-state index contributed by atoms with van der Waals surface area (Å²) >= 11 is 0. The molecular formula is C21H26N4O4. The van der Waals surface area contributed by atoms with Crippen LogP contribution in [0.4, 0.5) is 17.1 Å². The maximum Gasteiger partial charge on any atom is 0.251 e. The van der Waals surface area contributed by atoms with Crippen molar-refractivity contribution in [3.8, 4) is 0 Å². The third kappa shape index (κ3) is 7.63. The van der Waals surface area contributed by atoms with Crippen LogP contribution in [0.1, 0.15) is 23.7 Å². The number of carbonyl (C=O) groups is 3. The minimum Gasteiger partial charge on any atom is -0.383 e. The molecule has 0 saturated carbocycles. The Morgan fingerprint density at radius 1 is 0.897 bits per heavy atom. The molecule has 4 N–H and O–H groups in total. The molecule has 0 spiro atoms. The number of hydrogen-bond acceptors (Lipinski definition) is 5. The fourth-order valence-electron chi connectivity index (χ4n) is 2.45. The van der Waals surface area contributed by atoms with Gasteiger partial charge < -0.3 is 26.0 Å². The summed E-state index contributed by atoms with van der Waals surface area (Å²) in [7, 11) is 1.57. The number of hydrogen-bond donors (Lipinski definition) is 4.